The van der Waals surface area contributed by atoms with Gasteiger partial charge in [0, 0.05) is 11.6 Å². The van der Waals surface area contributed by atoms with Gasteiger partial charge in [-0.3, -0.25) is 4.90 Å². The summed E-state index contributed by atoms with van der Waals surface area (Å²) in [5.41, 5.74) is 0.605. The predicted octanol–water partition coefficient (Wildman–Crippen LogP) is 2.66. The third-order valence-corrected chi connectivity index (χ3v) is 4.18. The van der Waals surface area contributed by atoms with Gasteiger partial charge in [0.15, 0.2) is 0 Å². The second-order valence-electron chi connectivity index (χ2n) is 4.77. The summed E-state index contributed by atoms with van der Waals surface area (Å²) < 4.78 is 0. The highest BCUT2D eigenvalue weighted by Crippen LogP contribution is 2.53. The molecule has 0 aromatic heterocycles. The first-order valence-corrected chi connectivity index (χ1v) is 5.48. The standard InChI is InChI=1S/C11H21N/c1-4-8-12-10-7-5-6-9(2)11(10,12)3/h9-10H,4-8H2,1-3H3. The van der Waals surface area contributed by atoms with E-state index < -0.39 is 0 Å². The van der Waals surface area contributed by atoms with Gasteiger partial charge in [-0.25, -0.2) is 0 Å². The Balaban J connectivity index is 2.03. The average Bonchev–Trinajstić information content (AvgIpc) is 2.61. The van der Waals surface area contributed by atoms with Gasteiger partial charge in [-0.2, -0.15) is 0 Å². The van der Waals surface area contributed by atoms with Gasteiger partial charge in [-0.15, -0.1) is 0 Å². The van der Waals surface area contributed by atoms with E-state index in [1.807, 2.05) is 0 Å². The van der Waals surface area contributed by atoms with Crippen molar-refractivity contribution in [1.29, 1.82) is 0 Å². The normalized spacial score (nSPS) is 51.8. The van der Waals surface area contributed by atoms with Gasteiger partial charge < -0.3 is 0 Å². The fourth-order valence-electron chi connectivity index (χ4n) is 3.15. The van der Waals surface area contributed by atoms with Crippen LogP contribution in [0.15, 0.2) is 0 Å². The van der Waals surface area contributed by atoms with Crippen molar-refractivity contribution in [2.45, 2.75) is 58.0 Å². The summed E-state index contributed by atoms with van der Waals surface area (Å²) in [5, 5.41) is 0. The van der Waals surface area contributed by atoms with E-state index in [0.29, 0.717) is 5.54 Å². The van der Waals surface area contributed by atoms with Crippen molar-refractivity contribution in [3.63, 3.8) is 0 Å². The summed E-state index contributed by atoms with van der Waals surface area (Å²) in [5.74, 6) is 0.933. The topological polar surface area (TPSA) is 3.01 Å². The smallest absolute Gasteiger partial charge is 0.0366 e. The molecular formula is C11H21N. The lowest BCUT2D eigenvalue weighted by Crippen LogP contribution is -2.27. The molecule has 70 valence electrons. The maximum absolute atomic E-state index is 2.73. The Bertz CT molecular complexity index is 178. The fourth-order valence-corrected chi connectivity index (χ4v) is 3.15. The van der Waals surface area contributed by atoms with Crippen LogP contribution in [0.1, 0.15) is 46.5 Å². The van der Waals surface area contributed by atoms with E-state index in [4.69, 9.17) is 0 Å². The van der Waals surface area contributed by atoms with E-state index >= 15 is 0 Å². The van der Waals surface area contributed by atoms with Gasteiger partial charge in [0.2, 0.25) is 0 Å². The van der Waals surface area contributed by atoms with Gasteiger partial charge in [0.1, 0.15) is 0 Å². The van der Waals surface area contributed by atoms with Crippen LogP contribution < -0.4 is 0 Å². The zero-order valence-electron chi connectivity index (χ0n) is 8.64. The zero-order chi connectivity index (χ0) is 8.77. The minimum atomic E-state index is 0.605. The molecule has 2 aliphatic rings. The second-order valence-corrected chi connectivity index (χ2v) is 4.77. The second kappa shape index (κ2) is 2.73. The molecule has 0 spiro atoms. The summed E-state index contributed by atoms with van der Waals surface area (Å²) >= 11 is 0. The molecule has 1 aliphatic heterocycles. The number of likely N-dealkylation sites (tertiary alicyclic amines) is 1. The fraction of sp³-hybridized carbons (Fsp3) is 1.00. The molecule has 1 saturated carbocycles. The first kappa shape index (κ1) is 8.55. The molecular weight excluding hydrogens is 146 g/mol. The highest BCUT2D eigenvalue weighted by atomic mass is 15.4. The van der Waals surface area contributed by atoms with Crippen molar-refractivity contribution in [2.24, 2.45) is 5.92 Å². The van der Waals surface area contributed by atoms with Gasteiger partial charge in [0.05, 0.1) is 0 Å². The van der Waals surface area contributed by atoms with E-state index in [1.54, 1.807) is 0 Å². The Morgan fingerprint density at radius 3 is 2.75 bits per heavy atom. The highest BCUT2D eigenvalue weighted by molar-refractivity contribution is 5.17. The van der Waals surface area contributed by atoms with E-state index in [-0.39, 0.29) is 0 Å². The minimum Gasteiger partial charge on any atom is -0.291 e. The van der Waals surface area contributed by atoms with Crippen LogP contribution in [0.25, 0.3) is 0 Å². The maximum atomic E-state index is 2.73. The lowest BCUT2D eigenvalue weighted by Gasteiger charge is -2.23. The molecule has 2 fully saturated rings. The summed E-state index contributed by atoms with van der Waals surface area (Å²) in [4.78, 5) is 2.73. The summed E-state index contributed by atoms with van der Waals surface area (Å²) in [6, 6.07) is 0.946. The van der Waals surface area contributed by atoms with Crippen LogP contribution in [0.4, 0.5) is 0 Å². The average molecular weight is 167 g/mol. The van der Waals surface area contributed by atoms with Crippen LogP contribution in [-0.4, -0.2) is 23.0 Å². The Labute approximate surface area is 76.1 Å². The number of nitrogens with zero attached hydrogens (tertiary/aromatic N) is 1. The van der Waals surface area contributed by atoms with Crippen LogP contribution in [0.2, 0.25) is 0 Å². The molecule has 1 heterocycles. The molecule has 4 atom stereocenters. The minimum absolute atomic E-state index is 0.605. The van der Waals surface area contributed by atoms with Crippen molar-refractivity contribution < 1.29 is 0 Å². The van der Waals surface area contributed by atoms with Gasteiger partial charge in [-0.05, 0) is 38.6 Å². The summed E-state index contributed by atoms with van der Waals surface area (Å²) in [6.07, 6.45) is 5.69. The molecule has 1 heteroatoms. The molecule has 1 saturated heterocycles. The molecule has 4 unspecified atom stereocenters. The van der Waals surface area contributed by atoms with Gasteiger partial charge in [0.25, 0.3) is 0 Å². The molecule has 0 N–H and O–H groups in total. The Kier molecular flexibility index (Phi) is 1.95. The van der Waals surface area contributed by atoms with Crippen molar-refractivity contribution in [2.75, 3.05) is 6.54 Å². The van der Waals surface area contributed by atoms with Crippen molar-refractivity contribution in [3.8, 4) is 0 Å². The zero-order valence-corrected chi connectivity index (χ0v) is 8.64. The lowest BCUT2D eigenvalue weighted by atomic mass is 9.81. The number of rotatable bonds is 2. The largest absolute Gasteiger partial charge is 0.291 e. The van der Waals surface area contributed by atoms with E-state index in [0.717, 1.165) is 12.0 Å². The predicted molar refractivity (Wildman–Crippen MR) is 52.2 cm³/mol. The van der Waals surface area contributed by atoms with E-state index in [1.165, 1.54) is 32.2 Å². The lowest BCUT2D eigenvalue weighted by molar-refractivity contribution is 0.305. The molecule has 1 nitrogen and oxygen atoms in total. The summed E-state index contributed by atoms with van der Waals surface area (Å²) in [6.45, 7) is 8.52. The van der Waals surface area contributed by atoms with E-state index in [2.05, 4.69) is 25.7 Å². The Morgan fingerprint density at radius 1 is 1.42 bits per heavy atom. The molecule has 2 rings (SSSR count). The molecule has 0 amide bonds. The molecule has 0 aromatic rings. The number of fused-ring (bicyclic) bond motifs is 1. The van der Waals surface area contributed by atoms with Crippen molar-refractivity contribution in [3.05, 3.63) is 0 Å². The van der Waals surface area contributed by atoms with Crippen LogP contribution in [0.5, 0.6) is 0 Å². The summed E-state index contributed by atoms with van der Waals surface area (Å²) in [7, 11) is 0. The van der Waals surface area contributed by atoms with Crippen molar-refractivity contribution in [1.82, 2.24) is 4.90 Å². The first-order valence-electron chi connectivity index (χ1n) is 5.48. The quantitative estimate of drug-likeness (QED) is 0.571. The van der Waals surface area contributed by atoms with Crippen molar-refractivity contribution >= 4 is 0 Å². The molecule has 0 bridgehead atoms. The SMILES string of the molecule is CCCN1C2CCCC(C)C21C. The first-order chi connectivity index (χ1) is 5.71. The molecule has 12 heavy (non-hydrogen) atoms. The van der Waals surface area contributed by atoms with Crippen LogP contribution in [-0.2, 0) is 0 Å². The van der Waals surface area contributed by atoms with E-state index in [9.17, 15) is 0 Å². The maximum Gasteiger partial charge on any atom is 0.0366 e. The Hall–Kier alpha value is -0.0400. The Morgan fingerprint density at radius 2 is 2.17 bits per heavy atom. The van der Waals surface area contributed by atoms with Crippen LogP contribution in [0, 0.1) is 5.92 Å². The molecule has 0 radical (unpaired) electrons. The monoisotopic (exact) mass is 167 g/mol. The third-order valence-electron chi connectivity index (χ3n) is 4.18. The molecule has 0 aromatic carbocycles. The van der Waals surface area contributed by atoms with Crippen LogP contribution in [0.3, 0.4) is 0 Å². The number of hydrogen-bond donors (Lipinski definition) is 0. The van der Waals surface area contributed by atoms with Gasteiger partial charge >= 0.3 is 0 Å². The van der Waals surface area contributed by atoms with Crippen LogP contribution >= 0.6 is 0 Å². The molecule has 1 aliphatic carbocycles. The number of hydrogen-bond acceptors (Lipinski definition) is 1. The van der Waals surface area contributed by atoms with Gasteiger partial charge in [-0.1, -0.05) is 20.3 Å². The third kappa shape index (κ3) is 0.953. The highest BCUT2D eigenvalue weighted by Gasteiger charge is 2.61.